The lowest BCUT2D eigenvalue weighted by molar-refractivity contribution is -0.121. The summed E-state index contributed by atoms with van der Waals surface area (Å²) in [7, 11) is -3.70. The zero-order chi connectivity index (χ0) is 18.3. The van der Waals surface area contributed by atoms with Crippen molar-refractivity contribution in [2.45, 2.75) is 43.0 Å². The molecule has 1 aromatic rings. The normalized spacial score (nSPS) is 30.3. The molecule has 0 aromatic heterocycles. The predicted octanol–water partition coefficient (Wildman–Crippen LogP) is 1.47. The number of hydrogen-bond donors (Lipinski definition) is 3. The molecule has 2 saturated carbocycles. The molecule has 4 N–H and O–H groups in total. The second-order valence-corrected chi connectivity index (χ2v) is 9.17. The maximum atomic E-state index is 12.7. The van der Waals surface area contributed by atoms with Crippen molar-refractivity contribution in [3.8, 4) is 0 Å². The number of anilines is 1. The Morgan fingerprint density at radius 1 is 1.23 bits per heavy atom. The molecule has 1 aliphatic heterocycles. The molecule has 4 atom stereocenters. The third-order valence-corrected chi connectivity index (χ3v) is 7.20. The fourth-order valence-corrected chi connectivity index (χ4v) is 5.66. The van der Waals surface area contributed by atoms with Crippen LogP contribution in [0, 0.1) is 17.8 Å². The van der Waals surface area contributed by atoms with Crippen LogP contribution in [0.1, 0.15) is 32.1 Å². The Hall–Kier alpha value is -1.93. The minimum atomic E-state index is -3.70. The number of rotatable bonds is 4. The highest BCUT2D eigenvalue weighted by Crippen LogP contribution is 2.47. The minimum absolute atomic E-state index is 0.0947. The van der Waals surface area contributed by atoms with Gasteiger partial charge in [-0.1, -0.05) is 6.07 Å². The average Bonchev–Trinajstić information content (AvgIpc) is 3.32. The molecule has 140 valence electrons. The summed E-state index contributed by atoms with van der Waals surface area (Å²) >= 11 is 0. The van der Waals surface area contributed by atoms with Crippen molar-refractivity contribution in [2.24, 2.45) is 28.5 Å². The SMILES string of the molecule is NC1C2CCC(C2)C1C(=O)Nc1cccc(S(=O)(=O)NC2=NCCC2)c1. The number of nitrogens with one attached hydrogen (secondary N) is 2. The molecule has 0 spiro atoms. The van der Waals surface area contributed by atoms with Crippen LogP contribution in [0.2, 0.25) is 0 Å². The monoisotopic (exact) mass is 376 g/mol. The zero-order valence-electron chi connectivity index (χ0n) is 14.5. The van der Waals surface area contributed by atoms with Crippen LogP contribution in [0.25, 0.3) is 0 Å². The largest absolute Gasteiger partial charge is 0.327 e. The fourth-order valence-electron chi connectivity index (χ4n) is 4.53. The number of aliphatic imine (C=N–C) groups is 1. The summed E-state index contributed by atoms with van der Waals surface area (Å²) in [5.74, 6) is 1.00. The van der Waals surface area contributed by atoms with Gasteiger partial charge < -0.3 is 11.1 Å². The van der Waals surface area contributed by atoms with Crippen molar-refractivity contribution in [2.75, 3.05) is 11.9 Å². The van der Waals surface area contributed by atoms with E-state index in [0.717, 1.165) is 25.7 Å². The summed E-state index contributed by atoms with van der Waals surface area (Å²) in [6, 6.07) is 6.22. The molecular weight excluding hydrogens is 352 g/mol. The van der Waals surface area contributed by atoms with Gasteiger partial charge in [0.15, 0.2) is 0 Å². The lowest BCUT2D eigenvalue weighted by Gasteiger charge is -2.27. The summed E-state index contributed by atoms with van der Waals surface area (Å²) in [5.41, 5.74) is 6.70. The van der Waals surface area contributed by atoms with E-state index in [-0.39, 0.29) is 22.8 Å². The zero-order valence-corrected chi connectivity index (χ0v) is 15.3. The average molecular weight is 376 g/mol. The molecule has 4 unspecified atom stereocenters. The Balaban J connectivity index is 1.48. The predicted molar refractivity (Wildman–Crippen MR) is 99.2 cm³/mol. The highest BCUT2D eigenvalue weighted by molar-refractivity contribution is 7.90. The number of nitrogens with two attached hydrogens (primary N) is 1. The second-order valence-electron chi connectivity index (χ2n) is 7.49. The maximum Gasteiger partial charge on any atom is 0.262 e. The molecule has 0 radical (unpaired) electrons. The Bertz CT molecular complexity index is 850. The van der Waals surface area contributed by atoms with Crippen LogP contribution in [0.3, 0.4) is 0 Å². The van der Waals surface area contributed by atoms with E-state index in [1.165, 1.54) is 12.1 Å². The summed E-state index contributed by atoms with van der Waals surface area (Å²) in [5, 5.41) is 2.86. The van der Waals surface area contributed by atoms with Gasteiger partial charge in [0.2, 0.25) is 5.91 Å². The number of carbonyl (C=O) groups is 1. The molecule has 2 aliphatic carbocycles. The molecule has 4 rings (SSSR count). The number of carbonyl (C=O) groups excluding carboxylic acids is 1. The number of sulfonamides is 1. The van der Waals surface area contributed by atoms with Crippen molar-refractivity contribution >= 4 is 27.5 Å². The molecular formula is C18H24N4O3S. The quantitative estimate of drug-likeness (QED) is 0.738. The molecule has 1 aromatic carbocycles. The van der Waals surface area contributed by atoms with Gasteiger partial charge in [0.1, 0.15) is 5.84 Å². The molecule has 26 heavy (non-hydrogen) atoms. The second kappa shape index (κ2) is 6.66. The number of nitrogens with zero attached hydrogens (tertiary/aromatic N) is 1. The maximum absolute atomic E-state index is 12.7. The van der Waals surface area contributed by atoms with E-state index in [1.807, 2.05) is 0 Å². The van der Waals surface area contributed by atoms with Crippen molar-refractivity contribution in [3.63, 3.8) is 0 Å². The van der Waals surface area contributed by atoms with Crippen LogP contribution >= 0.6 is 0 Å². The van der Waals surface area contributed by atoms with Crippen molar-refractivity contribution in [3.05, 3.63) is 24.3 Å². The number of hydrogen-bond acceptors (Lipinski definition) is 5. The summed E-state index contributed by atoms with van der Waals surface area (Å²) in [6.45, 7) is 0.651. The highest BCUT2D eigenvalue weighted by atomic mass is 32.2. The van der Waals surface area contributed by atoms with Gasteiger partial charge in [-0.2, -0.15) is 0 Å². The smallest absolute Gasteiger partial charge is 0.262 e. The molecule has 3 aliphatic rings. The molecule has 0 saturated heterocycles. The lowest BCUT2D eigenvalue weighted by Crippen LogP contribution is -2.42. The molecule has 1 heterocycles. The van der Waals surface area contributed by atoms with Crippen LogP contribution < -0.4 is 15.8 Å². The van der Waals surface area contributed by atoms with E-state index in [2.05, 4.69) is 15.0 Å². The van der Waals surface area contributed by atoms with Gasteiger partial charge >= 0.3 is 0 Å². The van der Waals surface area contributed by atoms with Gasteiger partial charge in [-0.3, -0.25) is 14.5 Å². The number of amidine groups is 1. The summed E-state index contributed by atoms with van der Waals surface area (Å²) in [4.78, 5) is 16.9. The molecule has 2 fully saturated rings. The van der Waals surface area contributed by atoms with Crippen LogP contribution in [0.5, 0.6) is 0 Å². The topological polar surface area (TPSA) is 114 Å². The van der Waals surface area contributed by atoms with E-state index in [9.17, 15) is 13.2 Å². The molecule has 7 nitrogen and oxygen atoms in total. The highest BCUT2D eigenvalue weighted by Gasteiger charge is 2.49. The first-order valence-electron chi connectivity index (χ1n) is 9.17. The van der Waals surface area contributed by atoms with Gasteiger partial charge in [-0.15, -0.1) is 0 Å². The van der Waals surface area contributed by atoms with Gasteiger partial charge in [-0.05, 0) is 55.7 Å². The van der Waals surface area contributed by atoms with Gasteiger partial charge in [0, 0.05) is 24.7 Å². The van der Waals surface area contributed by atoms with Crippen LogP contribution in [-0.2, 0) is 14.8 Å². The first kappa shape index (κ1) is 17.5. The Labute approximate surface area is 153 Å². The van der Waals surface area contributed by atoms with Gasteiger partial charge in [0.05, 0.1) is 10.8 Å². The van der Waals surface area contributed by atoms with Crippen molar-refractivity contribution in [1.82, 2.24) is 4.72 Å². The Morgan fingerprint density at radius 3 is 2.73 bits per heavy atom. The van der Waals surface area contributed by atoms with Crippen LogP contribution in [-0.4, -0.2) is 32.7 Å². The summed E-state index contributed by atoms with van der Waals surface area (Å²) in [6.07, 6.45) is 4.69. The number of benzene rings is 1. The standard InChI is InChI=1S/C18H24N4O3S/c19-17-12-7-6-11(9-12)16(17)18(23)21-13-3-1-4-14(10-13)26(24,25)22-15-5-2-8-20-15/h1,3-4,10-12,16-17H,2,5-9,19H2,(H,20,22)(H,21,23). The minimum Gasteiger partial charge on any atom is -0.327 e. The van der Waals surface area contributed by atoms with Crippen molar-refractivity contribution in [1.29, 1.82) is 0 Å². The third kappa shape index (κ3) is 3.23. The fraction of sp³-hybridized carbons (Fsp3) is 0.556. The molecule has 2 bridgehead atoms. The number of fused-ring (bicyclic) bond motifs is 2. The van der Waals surface area contributed by atoms with Crippen molar-refractivity contribution < 1.29 is 13.2 Å². The van der Waals surface area contributed by atoms with E-state index >= 15 is 0 Å². The summed E-state index contributed by atoms with van der Waals surface area (Å²) < 4.78 is 27.6. The molecule has 1 amide bonds. The van der Waals surface area contributed by atoms with Crippen LogP contribution in [0.15, 0.2) is 34.2 Å². The lowest BCUT2D eigenvalue weighted by atomic mass is 9.84. The first-order valence-corrected chi connectivity index (χ1v) is 10.6. The molecule has 8 heteroatoms. The van der Waals surface area contributed by atoms with E-state index in [0.29, 0.717) is 36.3 Å². The Morgan fingerprint density at radius 2 is 2.04 bits per heavy atom. The third-order valence-electron chi connectivity index (χ3n) is 5.82. The van der Waals surface area contributed by atoms with Crippen LogP contribution in [0.4, 0.5) is 5.69 Å². The first-order chi connectivity index (χ1) is 12.4. The van der Waals surface area contributed by atoms with E-state index in [1.54, 1.807) is 12.1 Å². The van der Waals surface area contributed by atoms with E-state index in [4.69, 9.17) is 5.73 Å². The van der Waals surface area contributed by atoms with Gasteiger partial charge in [-0.25, -0.2) is 8.42 Å². The Kier molecular flexibility index (Phi) is 4.48. The number of amides is 1. The van der Waals surface area contributed by atoms with Gasteiger partial charge in [0.25, 0.3) is 10.0 Å². The van der Waals surface area contributed by atoms with E-state index < -0.39 is 10.0 Å².